The molecule has 9 unspecified atom stereocenters. The summed E-state index contributed by atoms with van der Waals surface area (Å²) in [6, 6.07) is 5.75. The molecule has 0 radical (unpaired) electrons. The van der Waals surface area contributed by atoms with E-state index < -0.39 is 24.7 Å². The molecule has 3 N–H and O–H groups in total. The first-order valence-electron chi connectivity index (χ1n) is 15.0. The van der Waals surface area contributed by atoms with Gasteiger partial charge in [0.15, 0.2) is 0 Å². The summed E-state index contributed by atoms with van der Waals surface area (Å²) >= 11 is 0. The Labute approximate surface area is 234 Å². The van der Waals surface area contributed by atoms with Crippen LogP contribution < -0.4 is 4.74 Å². The average Bonchev–Trinajstić information content (AvgIpc) is 3.24. The molecule has 8 heteroatoms. The molecule has 0 amide bonds. The van der Waals surface area contributed by atoms with Crippen molar-refractivity contribution in [1.29, 1.82) is 0 Å². The minimum absolute atomic E-state index is 0.0235. The van der Waals surface area contributed by atoms with Crippen LogP contribution in [0.25, 0.3) is 0 Å². The van der Waals surface area contributed by atoms with Gasteiger partial charge >= 0.3 is 6.36 Å². The lowest BCUT2D eigenvalue weighted by Gasteiger charge is -2.59. The Bertz CT molecular complexity index is 1100. The number of ether oxygens (including phenoxy) is 1. The van der Waals surface area contributed by atoms with Gasteiger partial charge in [-0.2, -0.15) is 0 Å². The Morgan fingerprint density at radius 1 is 0.975 bits per heavy atom. The van der Waals surface area contributed by atoms with Gasteiger partial charge < -0.3 is 20.1 Å². The summed E-state index contributed by atoms with van der Waals surface area (Å²) in [5, 5.41) is 31.7. The van der Waals surface area contributed by atoms with Crippen molar-refractivity contribution in [3.05, 3.63) is 41.2 Å². The molecule has 40 heavy (non-hydrogen) atoms. The highest BCUT2D eigenvalue weighted by molar-refractivity contribution is 5.35. The molecule has 3 fully saturated rings. The molecule has 4 aliphatic carbocycles. The molecule has 0 heterocycles. The quantitative estimate of drug-likeness (QED) is 0.296. The van der Waals surface area contributed by atoms with Crippen LogP contribution in [0.15, 0.2) is 35.7 Å². The van der Waals surface area contributed by atoms with E-state index in [1.165, 1.54) is 18.2 Å². The van der Waals surface area contributed by atoms with Crippen molar-refractivity contribution in [1.82, 2.24) is 0 Å². The van der Waals surface area contributed by atoms with Crippen LogP contribution in [-0.2, 0) is 0 Å². The molecule has 5 rings (SSSR count). The number of hydrogen-bond acceptors (Lipinski definition) is 4. The zero-order valence-electron chi connectivity index (χ0n) is 23.8. The topological polar surface area (TPSA) is 69.9 Å². The number of para-hydroxylation sites is 1. The van der Waals surface area contributed by atoms with Gasteiger partial charge in [0.25, 0.3) is 0 Å². The standard InChI is InChI=1S/C32H44F4O4/c1-18(7-6-9-25(37)19-8-4-5-10-27(19)40-32(34,35)36)20-11-12-21-28-22(13-15-30(20,21)2)31(3)16-14-26(38)29(39)23(31)17-24(28)33/h4-5,8,10,18,20-23,25-26,29,37-39H,6-7,9,11-17H2,1-3H3/t18-,20?,21?,22?,23?,25?,26?,29?,30?,31?/m1/s1. The van der Waals surface area contributed by atoms with Crippen molar-refractivity contribution in [2.24, 2.45) is 40.4 Å². The van der Waals surface area contributed by atoms with Crippen molar-refractivity contribution in [3.63, 3.8) is 0 Å². The normalized spacial score (nSPS) is 39.2. The lowest BCUT2D eigenvalue weighted by atomic mass is 9.47. The number of alkyl halides is 3. The lowest BCUT2D eigenvalue weighted by Crippen LogP contribution is -2.55. The van der Waals surface area contributed by atoms with E-state index in [-0.39, 0.29) is 52.1 Å². The molecule has 0 bridgehead atoms. The summed E-state index contributed by atoms with van der Waals surface area (Å²) in [6.45, 7) is 6.74. The van der Waals surface area contributed by atoms with Crippen LogP contribution >= 0.6 is 0 Å². The SMILES string of the molecule is C[C@H](CCCC(O)c1ccccc1OC(F)(F)F)C1CCC2C3=C(F)CC4C(O)C(O)CCC4(C)C3CCC21C. The summed E-state index contributed by atoms with van der Waals surface area (Å²) < 4.78 is 58.4. The molecule has 10 atom stereocenters. The summed E-state index contributed by atoms with van der Waals surface area (Å²) in [5.41, 5.74) is 0.911. The van der Waals surface area contributed by atoms with Gasteiger partial charge in [0.1, 0.15) is 11.6 Å². The Balaban J connectivity index is 1.25. The lowest BCUT2D eigenvalue weighted by molar-refractivity contribution is -0.275. The maximum Gasteiger partial charge on any atom is 0.573 e. The Hall–Kier alpha value is -1.64. The van der Waals surface area contributed by atoms with Gasteiger partial charge in [-0.25, -0.2) is 4.39 Å². The highest BCUT2D eigenvalue weighted by atomic mass is 19.4. The molecule has 4 nitrogen and oxygen atoms in total. The van der Waals surface area contributed by atoms with Crippen molar-refractivity contribution < 1.29 is 37.6 Å². The van der Waals surface area contributed by atoms with E-state index in [4.69, 9.17) is 0 Å². The molecule has 0 aromatic heterocycles. The summed E-state index contributed by atoms with van der Waals surface area (Å²) in [6.07, 6.45) is -0.256. The average molecular weight is 569 g/mol. The van der Waals surface area contributed by atoms with Crippen molar-refractivity contribution in [2.75, 3.05) is 0 Å². The Morgan fingerprint density at radius 3 is 2.38 bits per heavy atom. The first-order valence-corrected chi connectivity index (χ1v) is 15.0. The summed E-state index contributed by atoms with van der Waals surface area (Å²) in [5.74, 6) is 0.351. The summed E-state index contributed by atoms with van der Waals surface area (Å²) in [7, 11) is 0. The third-order valence-electron chi connectivity index (χ3n) is 11.6. The van der Waals surface area contributed by atoms with E-state index in [1.54, 1.807) is 6.07 Å². The number of benzene rings is 1. The zero-order valence-corrected chi connectivity index (χ0v) is 23.8. The second-order valence-corrected chi connectivity index (χ2v) is 13.6. The monoisotopic (exact) mass is 568 g/mol. The molecular weight excluding hydrogens is 524 g/mol. The maximum absolute atomic E-state index is 15.9. The number of fused-ring (bicyclic) bond motifs is 5. The third-order valence-corrected chi connectivity index (χ3v) is 11.6. The van der Waals surface area contributed by atoms with Crippen LogP contribution in [0.3, 0.4) is 0 Å². The van der Waals surface area contributed by atoms with Crippen LogP contribution in [0.5, 0.6) is 5.75 Å². The Morgan fingerprint density at radius 2 is 1.65 bits per heavy atom. The molecule has 0 spiro atoms. The molecule has 224 valence electrons. The van der Waals surface area contributed by atoms with Gasteiger partial charge in [0.05, 0.1) is 18.3 Å². The van der Waals surface area contributed by atoms with E-state index in [0.717, 1.165) is 44.1 Å². The molecule has 3 saturated carbocycles. The van der Waals surface area contributed by atoms with Crippen LogP contribution in [-0.4, -0.2) is 33.9 Å². The highest BCUT2D eigenvalue weighted by Crippen LogP contribution is 2.68. The van der Waals surface area contributed by atoms with E-state index in [9.17, 15) is 28.5 Å². The van der Waals surface area contributed by atoms with Crippen molar-refractivity contribution in [2.45, 2.75) is 110 Å². The minimum Gasteiger partial charge on any atom is -0.405 e. The van der Waals surface area contributed by atoms with Gasteiger partial charge in [0, 0.05) is 12.0 Å². The molecule has 1 aromatic carbocycles. The molecule has 1 aromatic rings. The maximum atomic E-state index is 15.9. The number of rotatable bonds is 7. The smallest absolute Gasteiger partial charge is 0.405 e. The Kier molecular flexibility index (Phi) is 8.12. The number of halogens is 4. The van der Waals surface area contributed by atoms with Crippen LogP contribution in [0.1, 0.15) is 96.6 Å². The van der Waals surface area contributed by atoms with Gasteiger partial charge in [-0.3, -0.25) is 0 Å². The molecule has 0 aliphatic heterocycles. The fourth-order valence-corrected chi connectivity index (χ4v) is 9.52. The fourth-order valence-electron chi connectivity index (χ4n) is 9.52. The van der Waals surface area contributed by atoms with Gasteiger partial charge in [0.2, 0.25) is 0 Å². The molecule has 4 aliphatic rings. The number of allylic oxidation sites excluding steroid dienone is 2. The van der Waals surface area contributed by atoms with E-state index in [1.807, 2.05) is 0 Å². The predicted molar refractivity (Wildman–Crippen MR) is 144 cm³/mol. The minimum atomic E-state index is -4.82. The second kappa shape index (κ2) is 10.9. The summed E-state index contributed by atoms with van der Waals surface area (Å²) in [4.78, 5) is 0. The highest BCUT2D eigenvalue weighted by Gasteiger charge is 2.61. The van der Waals surface area contributed by atoms with Crippen LogP contribution in [0.4, 0.5) is 17.6 Å². The first-order chi connectivity index (χ1) is 18.8. The predicted octanol–water partition coefficient (Wildman–Crippen LogP) is 7.63. The van der Waals surface area contributed by atoms with Gasteiger partial charge in [-0.15, -0.1) is 13.2 Å². The number of aliphatic hydroxyl groups is 3. The van der Waals surface area contributed by atoms with E-state index >= 15 is 4.39 Å². The van der Waals surface area contributed by atoms with E-state index in [2.05, 4.69) is 25.5 Å². The number of aliphatic hydroxyl groups excluding tert-OH is 3. The van der Waals surface area contributed by atoms with Crippen molar-refractivity contribution >= 4 is 0 Å². The zero-order chi connectivity index (χ0) is 29.0. The van der Waals surface area contributed by atoms with Gasteiger partial charge in [-0.05, 0) is 97.0 Å². The van der Waals surface area contributed by atoms with Crippen LogP contribution in [0.2, 0.25) is 0 Å². The van der Waals surface area contributed by atoms with Crippen molar-refractivity contribution in [3.8, 4) is 5.75 Å². The molecule has 0 saturated heterocycles. The first kappa shape index (κ1) is 29.8. The third kappa shape index (κ3) is 5.22. The van der Waals surface area contributed by atoms with Gasteiger partial charge in [-0.1, -0.05) is 51.8 Å². The molecular formula is C32H44F4O4. The fraction of sp³-hybridized carbons (Fsp3) is 0.750. The second-order valence-electron chi connectivity index (χ2n) is 13.6. The van der Waals surface area contributed by atoms with Crippen LogP contribution in [0, 0.1) is 40.4 Å². The number of hydrogen-bond donors (Lipinski definition) is 3. The van der Waals surface area contributed by atoms with E-state index in [0.29, 0.717) is 31.1 Å². The largest absolute Gasteiger partial charge is 0.573 e.